The molecular weight excluding hydrogens is 577 g/mol. The first-order valence-electron chi connectivity index (χ1n) is 16.3. The van der Waals surface area contributed by atoms with Crippen molar-refractivity contribution in [2.24, 2.45) is 0 Å². The van der Waals surface area contributed by atoms with Crippen LogP contribution in [0.5, 0.6) is 0 Å². The first kappa shape index (κ1) is 30.7. The Balaban J connectivity index is 1.82. The van der Waals surface area contributed by atoms with Crippen molar-refractivity contribution in [1.29, 1.82) is 0 Å². The summed E-state index contributed by atoms with van der Waals surface area (Å²) in [6.45, 7) is 6.91. The van der Waals surface area contributed by atoms with E-state index < -0.39 is 16.6 Å². The van der Waals surface area contributed by atoms with E-state index in [1.165, 1.54) is 47.8 Å². The summed E-state index contributed by atoms with van der Waals surface area (Å²) in [5.74, 6) is 0. The van der Waals surface area contributed by atoms with E-state index >= 15 is 0 Å². The lowest BCUT2D eigenvalue weighted by Crippen LogP contribution is -2.81. The Morgan fingerprint density at radius 3 is 1.00 bits per heavy atom. The number of hydrogen-bond donors (Lipinski definition) is 0. The van der Waals surface area contributed by atoms with Gasteiger partial charge in [-0.05, 0) is 67.1 Å². The smallest absolute Gasteiger partial charge is 0.279 e. The Labute approximate surface area is 271 Å². The van der Waals surface area contributed by atoms with Gasteiger partial charge in [0.05, 0.1) is 0 Å². The van der Waals surface area contributed by atoms with E-state index in [1.54, 1.807) is 0 Å². The molecule has 0 aliphatic rings. The molecule has 0 radical (unpaired) electrons. The van der Waals surface area contributed by atoms with Gasteiger partial charge >= 0.3 is 0 Å². The molecule has 0 aliphatic heterocycles. The van der Waals surface area contributed by atoms with Crippen LogP contribution in [0.3, 0.4) is 0 Å². The lowest BCUT2D eigenvalue weighted by atomic mass is 9.95. The average Bonchev–Trinajstić information content (AvgIpc) is 3.13. The Morgan fingerprint density at radius 1 is 0.356 bits per heavy atom. The summed E-state index contributed by atoms with van der Waals surface area (Å²) in [5, 5.41) is 7.69. The summed E-state index contributed by atoms with van der Waals surface area (Å²) in [4.78, 5) is 0. The predicted octanol–water partition coefficient (Wildman–Crippen LogP) is 6.02. The quantitative estimate of drug-likeness (QED) is 0.127. The molecular formula is C42H42OSi2. The summed E-state index contributed by atoms with van der Waals surface area (Å²) in [6.07, 6.45) is 2.99. The second kappa shape index (κ2) is 13.8. The zero-order valence-corrected chi connectivity index (χ0v) is 28.6. The highest BCUT2D eigenvalue weighted by molar-refractivity contribution is 7.18. The molecule has 224 valence electrons. The van der Waals surface area contributed by atoms with Crippen LogP contribution >= 0.6 is 0 Å². The van der Waals surface area contributed by atoms with E-state index in [1.807, 2.05) is 0 Å². The van der Waals surface area contributed by atoms with Crippen LogP contribution in [0.2, 0.25) is 0 Å². The Morgan fingerprint density at radius 2 is 0.689 bits per heavy atom. The summed E-state index contributed by atoms with van der Waals surface area (Å²) in [5.41, 5.74) is 4.38. The molecule has 0 unspecified atom stereocenters. The van der Waals surface area contributed by atoms with Crippen LogP contribution in [0.25, 0.3) is 0 Å². The zero-order valence-electron chi connectivity index (χ0n) is 26.6. The average molecular weight is 619 g/mol. The summed E-state index contributed by atoms with van der Waals surface area (Å²) in [7, 11) is -6.33. The highest BCUT2D eigenvalue weighted by Gasteiger charge is 2.53. The molecule has 0 N–H and O–H groups in total. The highest BCUT2D eigenvalue weighted by Crippen LogP contribution is 2.24. The SMILES string of the molecule is CCc1ccc([Si](O[Si](c2ccccc2)(c2ccccc2)c2ccccc2)(c2ccccc2)c2ccccc2)c(CC)c1CC. The molecule has 0 aromatic heterocycles. The molecule has 0 saturated heterocycles. The summed E-state index contributed by atoms with van der Waals surface area (Å²) < 4.78 is 8.54. The van der Waals surface area contributed by atoms with Gasteiger partial charge in [0.25, 0.3) is 16.6 Å². The van der Waals surface area contributed by atoms with Crippen molar-refractivity contribution < 1.29 is 4.12 Å². The van der Waals surface area contributed by atoms with Gasteiger partial charge in [-0.2, -0.15) is 0 Å². The molecule has 0 saturated carbocycles. The zero-order chi connectivity index (χ0) is 31.1. The van der Waals surface area contributed by atoms with Gasteiger partial charge < -0.3 is 4.12 Å². The molecule has 6 aromatic rings. The van der Waals surface area contributed by atoms with Crippen molar-refractivity contribution in [2.75, 3.05) is 0 Å². The fourth-order valence-corrected chi connectivity index (χ4v) is 18.1. The van der Waals surface area contributed by atoms with Crippen LogP contribution in [0.4, 0.5) is 0 Å². The normalized spacial score (nSPS) is 11.8. The third-order valence-corrected chi connectivity index (χ3v) is 18.6. The van der Waals surface area contributed by atoms with Crippen molar-refractivity contribution in [3.8, 4) is 0 Å². The molecule has 0 heterocycles. The Bertz CT molecular complexity index is 1670. The van der Waals surface area contributed by atoms with E-state index in [2.05, 4.69) is 185 Å². The maximum Gasteiger partial charge on any atom is 0.279 e. The van der Waals surface area contributed by atoms with Crippen molar-refractivity contribution in [2.45, 2.75) is 40.0 Å². The molecule has 3 heteroatoms. The van der Waals surface area contributed by atoms with Crippen molar-refractivity contribution in [3.05, 3.63) is 180 Å². The fraction of sp³-hybridized carbons (Fsp3) is 0.143. The van der Waals surface area contributed by atoms with Gasteiger partial charge in [-0.15, -0.1) is 0 Å². The summed E-state index contributed by atoms with van der Waals surface area (Å²) >= 11 is 0. The van der Waals surface area contributed by atoms with Gasteiger partial charge in [0, 0.05) is 0 Å². The maximum atomic E-state index is 8.54. The van der Waals surface area contributed by atoms with Crippen molar-refractivity contribution >= 4 is 47.8 Å². The Kier molecular flexibility index (Phi) is 9.41. The van der Waals surface area contributed by atoms with Crippen LogP contribution in [0, 0.1) is 0 Å². The van der Waals surface area contributed by atoms with Crippen LogP contribution < -0.4 is 31.1 Å². The molecule has 0 atom stereocenters. The number of benzene rings is 6. The monoisotopic (exact) mass is 618 g/mol. The maximum absolute atomic E-state index is 8.54. The molecule has 0 bridgehead atoms. The van der Waals surface area contributed by atoms with E-state index in [0.29, 0.717) is 0 Å². The number of aryl methyl sites for hydroxylation is 1. The van der Waals surface area contributed by atoms with Crippen molar-refractivity contribution in [3.63, 3.8) is 0 Å². The lowest BCUT2D eigenvalue weighted by molar-refractivity contribution is 0.599. The molecule has 6 rings (SSSR count). The second-order valence-electron chi connectivity index (χ2n) is 11.6. The third kappa shape index (κ3) is 5.57. The van der Waals surface area contributed by atoms with Gasteiger partial charge in [-0.3, -0.25) is 0 Å². The topological polar surface area (TPSA) is 9.23 Å². The van der Waals surface area contributed by atoms with E-state index in [0.717, 1.165) is 19.3 Å². The molecule has 45 heavy (non-hydrogen) atoms. The van der Waals surface area contributed by atoms with E-state index in [9.17, 15) is 0 Å². The number of hydrogen-bond acceptors (Lipinski definition) is 1. The molecule has 0 amide bonds. The molecule has 0 fully saturated rings. The second-order valence-corrected chi connectivity index (χ2v) is 18.6. The van der Waals surface area contributed by atoms with Crippen molar-refractivity contribution in [1.82, 2.24) is 0 Å². The standard InChI is InChI=1S/C42H42OSi2/c1-4-34-32-33-42(41(6-3)40(34)5-2)45(38-28-18-10-19-29-38,39-30-20-11-21-31-39)43-44(35-22-12-7-13-23-35,36-24-14-8-15-25-36)37-26-16-9-17-27-37/h7-33H,4-6H2,1-3H3. The minimum atomic E-state index is -3.19. The highest BCUT2D eigenvalue weighted by atomic mass is 28.4. The largest absolute Gasteiger partial charge is 0.435 e. The summed E-state index contributed by atoms with van der Waals surface area (Å²) in [6, 6.07) is 60.2. The minimum Gasteiger partial charge on any atom is -0.435 e. The van der Waals surface area contributed by atoms with E-state index in [-0.39, 0.29) is 0 Å². The first-order chi connectivity index (χ1) is 22.2. The van der Waals surface area contributed by atoms with Crippen LogP contribution in [-0.4, -0.2) is 16.6 Å². The van der Waals surface area contributed by atoms with Crippen LogP contribution in [0.15, 0.2) is 164 Å². The third-order valence-electron chi connectivity index (χ3n) is 9.20. The molecule has 0 aliphatic carbocycles. The predicted molar refractivity (Wildman–Crippen MR) is 197 cm³/mol. The van der Waals surface area contributed by atoms with Crippen LogP contribution in [0.1, 0.15) is 37.5 Å². The molecule has 1 nitrogen and oxygen atoms in total. The lowest BCUT2D eigenvalue weighted by Gasteiger charge is -2.44. The molecule has 6 aromatic carbocycles. The number of rotatable bonds is 11. The van der Waals surface area contributed by atoms with Gasteiger partial charge in [0.15, 0.2) is 0 Å². The van der Waals surface area contributed by atoms with Gasteiger partial charge in [0.2, 0.25) is 0 Å². The van der Waals surface area contributed by atoms with Crippen LogP contribution in [-0.2, 0) is 23.4 Å². The van der Waals surface area contributed by atoms with Gasteiger partial charge in [-0.1, -0.05) is 185 Å². The first-order valence-corrected chi connectivity index (χ1v) is 20.1. The van der Waals surface area contributed by atoms with E-state index in [4.69, 9.17) is 4.12 Å². The fourth-order valence-electron chi connectivity index (χ4n) is 7.17. The Hall–Kier alpha value is -4.29. The van der Waals surface area contributed by atoms with Gasteiger partial charge in [0.1, 0.15) is 0 Å². The minimum absolute atomic E-state index is 0.959. The molecule has 0 spiro atoms. The van der Waals surface area contributed by atoms with Gasteiger partial charge in [-0.25, -0.2) is 0 Å².